The number of likely N-dealkylation sites (N-methyl/N-ethyl adjacent to an activating group) is 2. The Morgan fingerprint density at radius 3 is 2.95 bits per heavy atom. The summed E-state index contributed by atoms with van der Waals surface area (Å²) in [6.45, 7) is 7.10. The maximum Gasteiger partial charge on any atom is 0.234 e. The first kappa shape index (κ1) is 15.7. The van der Waals surface area contributed by atoms with E-state index in [0.717, 1.165) is 18.7 Å². The molecule has 0 unspecified atom stereocenters. The van der Waals surface area contributed by atoms with Gasteiger partial charge >= 0.3 is 0 Å². The summed E-state index contributed by atoms with van der Waals surface area (Å²) in [5, 5.41) is 4.84. The van der Waals surface area contributed by atoms with E-state index < -0.39 is 0 Å². The number of nitrogens with one attached hydrogen (secondary N) is 1. The van der Waals surface area contributed by atoms with Crippen LogP contribution in [0.3, 0.4) is 0 Å². The highest BCUT2D eigenvalue weighted by molar-refractivity contribution is 7.10. The largest absolute Gasteiger partial charge is 0.355 e. The van der Waals surface area contributed by atoms with Crippen molar-refractivity contribution in [2.45, 2.75) is 20.4 Å². The van der Waals surface area contributed by atoms with Crippen molar-refractivity contribution in [3.05, 3.63) is 21.9 Å². The van der Waals surface area contributed by atoms with Crippen LogP contribution in [0.15, 0.2) is 11.4 Å². The number of nitrogens with zero attached hydrogens (tertiary/aromatic N) is 1. The van der Waals surface area contributed by atoms with Gasteiger partial charge in [-0.25, -0.2) is 0 Å². The molecular weight excluding hydrogens is 258 g/mol. The Balaban J connectivity index is 2.55. The van der Waals surface area contributed by atoms with E-state index in [1.54, 1.807) is 11.3 Å². The third-order valence-corrected chi connectivity index (χ3v) is 3.48. The average Bonchev–Trinajstić information content (AvgIpc) is 2.83. The van der Waals surface area contributed by atoms with Gasteiger partial charge in [-0.3, -0.25) is 9.69 Å². The quantitative estimate of drug-likeness (QED) is 0.764. The van der Waals surface area contributed by atoms with Crippen molar-refractivity contribution >= 4 is 17.2 Å². The molecule has 1 aromatic heterocycles. The van der Waals surface area contributed by atoms with Crippen LogP contribution >= 0.6 is 11.3 Å². The Labute approximate surface area is 119 Å². The first-order valence-electron chi connectivity index (χ1n) is 6.45. The van der Waals surface area contributed by atoms with Gasteiger partial charge in [0.25, 0.3) is 0 Å². The fourth-order valence-corrected chi connectivity index (χ4v) is 2.50. The van der Waals surface area contributed by atoms with Crippen molar-refractivity contribution in [1.29, 1.82) is 0 Å². The summed E-state index contributed by atoms with van der Waals surface area (Å²) in [6.07, 6.45) is 0. The Morgan fingerprint density at radius 1 is 1.53 bits per heavy atom. The smallest absolute Gasteiger partial charge is 0.234 e. The van der Waals surface area contributed by atoms with E-state index in [0.29, 0.717) is 19.6 Å². The SMILES string of the molecule is CCNC(=O)CN(CC)Cc1cc(C#CCN)cs1. The van der Waals surface area contributed by atoms with Crippen LogP contribution in [0.1, 0.15) is 24.3 Å². The molecule has 1 heterocycles. The van der Waals surface area contributed by atoms with E-state index in [2.05, 4.69) is 35.0 Å². The Bertz CT molecular complexity index is 459. The Morgan fingerprint density at radius 2 is 2.32 bits per heavy atom. The second-order valence-electron chi connectivity index (χ2n) is 4.06. The van der Waals surface area contributed by atoms with Crippen molar-refractivity contribution < 1.29 is 4.79 Å². The fraction of sp³-hybridized carbons (Fsp3) is 0.500. The normalized spacial score (nSPS) is 10.1. The standard InChI is InChI=1S/C14H21N3OS/c1-3-16-14(18)10-17(4-2)9-13-8-12(11-19-13)6-5-7-15/h8,11H,3-4,7,9-10,15H2,1-2H3,(H,16,18). The highest BCUT2D eigenvalue weighted by Gasteiger charge is 2.10. The molecule has 0 aliphatic heterocycles. The molecule has 0 bridgehead atoms. The van der Waals surface area contributed by atoms with Crippen molar-refractivity contribution in [2.24, 2.45) is 5.73 Å². The van der Waals surface area contributed by atoms with Crippen LogP contribution in [0.5, 0.6) is 0 Å². The van der Waals surface area contributed by atoms with Gasteiger partial charge in [0.2, 0.25) is 5.91 Å². The summed E-state index contributed by atoms with van der Waals surface area (Å²) < 4.78 is 0. The molecule has 5 heteroatoms. The van der Waals surface area contributed by atoms with E-state index in [-0.39, 0.29) is 5.91 Å². The van der Waals surface area contributed by atoms with Crippen LogP contribution in [0, 0.1) is 11.8 Å². The zero-order valence-electron chi connectivity index (χ0n) is 11.5. The molecule has 0 atom stereocenters. The van der Waals surface area contributed by atoms with Crippen LogP contribution in [-0.4, -0.2) is 37.0 Å². The van der Waals surface area contributed by atoms with Crippen molar-refractivity contribution in [2.75, 3.05) is 26.2 Å². The summed E-state index contributed by atoms with van der Waals surface area (Å²) in [5.74, 6) is 5.93. The van der Waals surface area contributed by atoms with Gasteiger partial charge in [0.1, 0.15) is 0 Å². The summed E-state index contributed by atoms with van der Waals surface area (Å²) in [5.41, 5.74) is 6.35. The lowest BCUT2D eigenvalue weighted by molar-refractivity contribution is -0.122. The highest BCUT2D eigenvalue weighted by atomic mass is 32.1. The third kappa shape index (κ3) is 5.88. The highest BCUT2D eigenvalue weighted by Crippen LogP contribution is 2.16. The number of carbonyl (C=O) groups excluding carboxylic acids is 1. The Hall–Kier alpha value is -1.35. The maximum atomic E-state index is 11.6. The maximum absolute atomic E-state index is 11.6. The van der Waals surface area contributed by atoms with Gasteiger partial charge in [-0.1, -0.05) is 18.8 Å². The van der Waals surface area contributed by atoms with E-state index in [9.17, 15) is 4.79 Å². The minimum atomic E-state index is 0.0732. The molecule has 0 fully saturated rings. The lowest BCUT2D eigenvalue weighted by Crippen LogP contribution is -2.36. The minimum Gasteiger partial charge on any atom is -0.355 e. The topological polar surface area (TPSA) is 58.4 Å². The van der Waals surface area contributed by atoms with E-state index in [1.807, 2.05) is 12.3 Å². The molecule has 19 heavy (non-hydrogen) atoms. The molecule has 4 nitrogen and oxygen atoms in total. The molecule has 1 aromatic rings. The number of carbonyl (C=O) groups is 1. The predicted molar refractivity (Wildman–Crippen MR) is 79.9 cm³/mol. The number of amides is 1. The lowest BCUT2D eigenvalue weighted by Gasteiger charge is -2.18. The molecule has 0 radical (unpaired) electrons. The van der Waals surface area contributed by atoms with Crippen LogP contribution in [0.2, 0.25) is 0 Å². The zero-order valence-corrected chi connectivity index (χ0v) is 12.3. The third-order valence-electron chi connectivity index (χ3n) is 2.56. The summed E-state index contributed by atoms with van der Waals surface area (Å²) in [4.78, 5) is 14.9. The van der Waals surface area contributed by atoms with Gasteiger partial charge in [0.05, 0.1) is 13.1 Å². The molecule has 0 saturated heterocycles. The first-order valence-corrected chi connectivity index (χ1v) is 7.32. The number of rotatable bonds is 6. The van der Waals surface area contributed by atoms with Gasteiger partial charge in [-0.2, -0.15) is 0 Å². The Kier molecular flexibility index (Phi) is 7.19. The number of hydrogen-bond acceptors (Lipinski definition) is 4. The zero-order chi connectivity index (χ0) is 14.1. The molecule has 0 aromatic carbocycles. The molecule has 0 aliphatic carbocycles. The van der Waals surface area contributed by atoms with Crippen LogP contribution in [-0.2, 0) is 11.3 Å². The van der Waals surface area contributed by atoms with E-state index >= 15 is 0 Å². The van der Waals surface area contributed by atoms with Gasteiger partial charge in [0, 0.05) is 28.9 Å². The van der Waals surface area contributed by atoms with E-state index in [4.69, 9.17) is 5.73 Å². The number of thiophene rings is 1. The summed E-state index contributed by atoms with van der Waals surface area (Å²) >= 11 is 1.67. The van der Waals surface area contributed by atoms with Crippen LogP contribution < -0.4 is 11.1 Å². The lowest BCUT2D eigenvalue weighted by atomic mass is 10.3. The molecule has 0 aliphatic rings. The van der Waals surface area contributed by atoms with Gasteiger partial charge < -0.3 is 11.1 Å². The number of hydrogen-bond donors (Lipinski definition) is 2. The summed E-state index contributed by atoms with van der Waals surface area (Å²) in [7, 11) is 0. The molecule has 1 amide bonds. The van der Waals surface area contributed by atoms with Crippen LogP contribution in [0.25, 0.3) is 0 Å². The average molecular weight is 279 g/mol. The summed E-state index contributed by atoms with van der Waals surface area (Å²) in [6, 6.07) is 2.06. The van der Waals surface area contributed by atoms with Gasteiger partial charge in [0.15, 0.2) is 0 Å². The van der Waals surface area contributed by atoms with Gasteiger partial charge in [-0.15, -0.1) is 11.3 Å². The van der Waals surface area contributed by atoms with Crippen LogP contribution in [0.4, 0.5) is 0 Å². The predicted octanol–water partition coefficient (Wildman–Crippen LogP) is 1.02. The van der Waals surface area contributed by atoms with E-state index in [1.165, 1.54) is 4.88 Å². The molecule has 0 spiro atoms. The van der Waals surface area contributed by atoms with Crippen molar-refractivity contribution in [3.63, 3.8) is 0 Å². The second kappa shape index (κ2) is 8.70. The second-order valence-corrected chi connectivity index (χ2v) is 5.06. The molecule has 3 N–H and O–H groups in total. The minimum absolute atomic E-state index is 0.0732. The van der Waals surface area contributed by atoms with Crippen molar-refractivity contribution in [3.8, 4) is 11.8 Å². The molecule has 0 saturated carbocycles. The fourth-order valence-electron chi connectivity index (χ4n) is 1.64. The molecular formula is C14H21N3OS. The van der Waals surface area contributed by atoms with Gasteiger partial charge in [-0.05, 0) is 19.5 Å². The first-order chi connectivity index (χ1) is 9.19. The molecule has 1 rings (SSSR count). The molecule has 104 valence electrons. The monoisotopic (exact) mass is 279 g/mol. The number of nitrogens with two attached hydrogens (primary N) is 1. The van der Waals surface area contributed by atoms with Crippen molar-refractivity contribution in [1.82, 2.24) is 10.2 Å².